The van der Waals surface area contributed by atoms with Crippen LogP contribution in [0.3, 0.4) is 0 Å². The van der Waals surface area contributed by atoms with Crippen LogP contribution in [0, 0.1) is 6.92 Å². The van der Waals surface area contributed by atoms with Crippen LogP contribution in [0.1, 0.15) is 48.8 Å². The molecule has 36 heavy (non-hydrogen) atoms. The van der Waals surface area contributed by atoms with Crippen LogP contribution in [0.2, 0.25) is 0 Å². The van der Waals surface area contributed by atoms with Crippen LogP contribution in [0.5, 0.6) is 5.75 Å². The van der Waals surface area contributed by atoms with Gasteiger partial charge in [-0.05, 0) is 67.5 Å². The van der Waals surface area contributed by atoms with Crippen molar-refractivity contribution < 1.29 is 19.1 Å². The minimum absolute atomic E-state index is 0.230. The number of nitrogens with one attached hydrogen (secondary N) is 1. The number of aryl methyl sites for hydroxylation is 2. The molecule has 0 spiro atoms. The Kier molecular flexibility index (Phi) is 10.8. The Balaban J connectivity index is 1.58. The Bertz CT molecular complexity index is 1050. The number of fused-ring (bicyclic) bond motifs is 1. The highest BCUT2D eigenvalue weighted by Crippen LogP contribution is 2.34. The SMILES string of the molecule is CNC(=O)C(CCC=O)N(C=O)Cc1c(C)cccc1CCCCCN1CCOc2cc(Br)ccc21. The molecule has 1 aliphatic heterocycles. The van der Waals surface area contributed by atoms with E-state index in [1.54, 1.807) is 7.05 Å². The van der Waals surface area contributed by atoms with Crippen LogP contribution in [0.4, 0.5) is 5.69 Å². The molecular formula is C28H36BrN3O4. The molecule has 2 amide bonds. The van der Waals surface area contributed by atoms with E-state index in [1.165, 1.54) is 10.5 Å². The van der Waals surface area contributed by atoms with Crippen LogP contribution in [0.15, 0.2) is 40.9 Å². The second-order valence-corrected chi connectivity index (χ2v) is 10.0. The van der Waals surface area contributed by atoms with Crippen LogP contribution in [-0.2, 0) is 27.3 Å². The van der Waals surface area contributed by atoms with Crippen LogP contribution in [0.25, 0.3) is 0 Å². The number of hydrogen-bond donors (Lipinski definition) is 1. The number of amides is 2. The number of benzene rings is 2. The summed E-state index contributed by atoms with van der Waals surface area (Å²) in [6, 6.07) is 11.7. The van der Waals surface area contributed by atoms with Gasteiger partial charge >= 0.3 is 0 Å². The first-order valence-corrected chi connectivity index (χ1v) is 13.4. The van der Waals surface area contributed by atoms with Crippen molar-refractivity contribution in [3.63, 3.8) is 0 Å². The summed E-state index contributed by atoms with van der Waals surface area (Å²) in [5, 5.41) is 2.62. The summed E-state index contributed by atoms with van der Waals surface area (Å²) in [6.07, 6.45) is 6.18. The molecular weight excluding hydrogens is 522 g/mol. The fourth-order valence-corrected chi connectivity index (χ4v) is 5.09. The van der Waals surface area contributed by atoms with Gasteiger partial charge < -0.3 is 24.6 Å². The maximum absolute atomic E-state index is 12.4. The topological polar surface area (TPSA) is 79.0 Å². The summed E-state index contributed by atoms with van der Waals surface area (Å²) in [5.41, 5.74) is 4.54. The number of halogens is 1. The number of anilines is 1. The maximum Gasteiger partial charge on any atom is 0.242 e. The summed E-state index contributed by atoms with van der Waals surface area (Å²) >= 11 is 3.51. The van der Waals surface area contributed by atoms with Gasteiger partial charge in [-0.2, -0.15) is 0 Å². The fraction of sp³-hybridized carbons (Fsp3) is 0.464. The Morgan fingerprint density at radius 1 is 1.22 bits per heavy atom. The van der Waals surface area contributed by atoms with Crippen LogP contribution < -0.4 is 15.0 Å². The lowest BCUT2D eigenvalue weighted by Crippen LogP contribution is -2.45. The van der Waals surface area contributed by atoms with E-state index in [1.807, 2.05) is 25.1 Å². The predicted molar refractivity (Wildman–Crippen MR) is 145 cm³/mol. The summed E-state index contributed by atoms with van der Waals surface area (Å²) in [6.45, 7) is 4.98. The van der Waals surface area contributed by atoms with Crippen molar-refractivity contribution in [2.75, 3.05) is 31.6 Å². The van der Waals surface area contributed by atoms with Gasteiger partial charge in [-0.25, -0.2) is 0 Å². The average molecular weight is 559 g/mol. The van der Waals surface area contributed by atoms with E-state index in [2.05, 4.69) is 44.3 Å². The number of ether oxygens (including phenoxy) is 1. The lowest BCUT2D eigenvalue weighted by Gasteiger charge is -2.31. The van der Waals surface area contributed by atoms with E-state index in [-0.39, 0.29) is 12.3 Å². The molecule has 194 valence electrons. The second-order valence-electron chi connectivity index (χ2n) is 9.12. The van der Waals surface area contributed by atoms with Crippen molar-refractivity contribution in [1.82, 2.24) is 10.2 Å². The average Bonchev–Trinajstić information content (AvgIpc) is 2.88. The normalized spacial score (nSPS) is 13.4. The first kappa shape index (κ1) is 27.7. The van der Waals surface area contributed by atoms with Gasteiger partial charge in [0.2, 0.25) is 12.3 Å². The molecule has 1 aliphatic rings. The number of aldehydes is 1. The molecule has 2 aromatic rings. The zero-order chi connectivity index (χ0) is 25.9. The molecule has 0 fully saturated rings. The minimum atomic E-state index is -0.665. The highest BCUT2D eigenvalue weighted by atomic mass is 79.9. The molecule has 1 atom stereocenters. The zero-order valence-corrected chi connectivity index (χ0v) is 22.8. The first-order chi connectivity index (χ1) is 17.5. The van der Waals surface area contributed by atoms with E-state index < -0.39 is 6.04 Å². The van der Waals surface area contributed by atoms with Crippen molar-refractivity contribution in [3.05, 3.63) is 57.6 Å². The molecule has 1 unspecified atom stereocenters. The van der Waals surface area contributed by atoms with Gasteiger partial charge in [0.15, 0.2) is 0 Å². The fourth-order valence-electron chi connectivity index (χ4n) is 4.75. The van der Waals surface area contributed by atoms with Gasteiger partial charge in [0, 0.05) is 31.0 Å². The van der Waals surface area contributed by atoms with E-state index >= 15 is 0 Å². The van der Waals surface area contributed by atoms with Crippen molar-refractivity contribution in [2.45, 2.75) is 58.0 Å². The molecule has 0 aliphatic carbocycles. The Morgan fingerprint density at radius 2 is 2.06 bits per heavy atom. The highest BCUT2D eigenvalue weighted by Gasteiger charge is 2.25. The van der Waals surface area contributed by atoms with E-state index in [0.717, 1.165) is 78.5 Å². The van der Waals surface area contributed by atoms with Crippen molar-refractivity contribution in [1.29, 1.82) is 0 Å². The predicted octanol–water partition coefficient (Wildman–Crippen LogP) is 4.42. The van der Waals surface area contributed by atoms with Gasteiger partial charge in [0.05, 0.1) is 12.2 Å². The third kappa shape index (κ3) is 7.32. The second kappa shape index (κ2) is 14.0. The molecule has 3 rings (SSSR count). The number of rotatable bonds is 14. The standard InChI is InChI=1S/C28H36BrN3O4/c1-21-8-6-10-22(24(21)19-32(20-34)26(11-7-16-33)28(35)30-2)9-4-3-5-14-31-15-17-36-27-18-23(29)12-13-25(27)31/h6,8,10,12-13,16,18,20,26H,3-5,7,9,11,14-15,17,19H2,1-2H3,(H,30,35). The summed E-state index contributed by atoms with van der Waals surface area (Å²) in [5.74, 6) is 0.680. The number of hydrogen-bond acceptors (Lipinski definition) is 5. The van der Waals surface area contributed by atoms with E-state index in [4.69, 9.17) is 4.74 Å². The molecule has 0 aromatic heterocycles. The smallest absolute Gasteiger partial charge is 0.242 e. The van der Waals surface area contributed by atoms with E-state index in [9.17, 15) is 14.4 Å². The van der Waals surface area contributed by atoms with Gasteiger partial charge in [-0.15, -0.1) is 0 Å². The van der Waals surface area contributed by atoms with E-state index in [0.29, 0.717) is 19.6 Å². The lowest BCUT2D eigenvalue weighted by atomic mass is 9.96. The van der Waals surface area contributed by atoms with Crippen LogP contribution in [-0.4, -0.2) is 56.3 Å². The number of unbranched alkanes of at least 4 members (excludes halogenated alkanes) is 2. The third-order valence-electron chi connectivity index (χ3n) is 6.75. The van der Waals surface area contributed by atoms with Crippen LogP contribution >= 0.6 is 15.9 Å². The largest absolute Gasteiger partial charge is 0.490 e. The molecule has 8 heteroatoms. The first-order valence-electron chi connectivity index (χ1n) is 12.6. The quantitative estimate of drug-likeness (QED) is 0.275. The number of nitrogens with zero attached hydrogens (tertiary/aromatic N) is 2. The molecule has 0 saturated carbocycles. The van der Waals surface area contributed by atoms with Gasteiger partial charge in [-0.3, -0.25) is 9.59 Å². The molecule has 1 N–H and O–H groups in total. The Labute approximate surface area is 222 Å². The minimum Gasteiger partial charge on any atom is -0.490 e. The van der Waals surface area contributed by atoms with Gasteiger partial charge in [0.1, 0.15) is 24.7 Å². The molecule has 2 aromatic carbocycles. The van der Waals surface area contributed by atoms with Crippen molar-refractivity contribution in [3.8, 4) is 5.75 Å². The molecule has 0 bridgehead atoms. The molecule has 0 saturated heterocycles. The molecule has 1 heterocycles. The monoisotopic (exact) mass is 557 g/mol. The van der Waals surface area contributed by atoms with Gasteiger partial charge in [-0.1, -0.05) is 40.5 Å². The summed E-state index contributed by atoms with van der Waals surface area (Å²) < 4.78 is 6.83. The number of likely N-dealkylation sites (N-methyl/N-ethyl adjacent to an activating group) is 1. The molecule has 0 radical (unpaired) electrons. The zero-order valence-electron chi connectivity index (χ0n) is 21.2. The Hall–Kier alpha value is -2.87. The molecule has 7 nitrogen and oxygen atoms in total. The number of carbonyl (C=O) groups excluding carboxylic acids is 3. The summed E-state index contributed by atoms with van der Waals surface area (Å²) in [7, 11) is 1.55. The van der Waals surface area contributed by atoms with Gasteiger partial charge in [0.25, 0.3) is 0 Å². The highest BCUT2D eigenvalue weighted by molar-refractivity contribution is 9.10. The maximum atomic E-state index is 12.4. The lowest BCUT2D eigenvalue weighted by molar-refractivity contribution is -0.133. The van der Waals surface area contributed by atoms with Crippen molar-refractivity contribution in [2.24, 2.45) is 0 Å². The Morgan fingerprint density at radius 3 is 2.81 bits per heavy atom. The van der Waals surface area contributed by atoms with Crippen molar-refractivity contribution >= 4 is 40.2 Å². The number of carbonyl (C=O) groups is 3. The summed E-state index contributed by atoms with van der Waals surface area (Å²) in [4.78, 5) is 39.2. The third-order valence-corrected chi connectivity index (χ3v) is 7.24.